The Balaban J connectivity index is 2.30. The van der Waals surface area contributed by atoms with E-state index in [1.807, 2.05) is 0 Å². The van der Waals surface area contributed by atoms with Crippen molar-refractivity contribution >= 4 is 6.09 Å². The monoisotopic (exact) mass is 266 g/mol. The Kier molecular flexibility index (Phi) is 3.38. The third-order valence-electron chi connectivity index (χ3n) is 3.52. The van der Waals surface area contributed by atoms with Crippen molar-refractivity contribution in [2.75, 3.05) is 13.1 Å². The van der Waals surface area contributed by atoms with Crippen LogP contribution in [0.1, 0.15) is 18.4 Å². The van der Waals surface area contributed by atoms with E-state index in [1.165, 1.54) is 4.90 Å². The third kappa shape index (κ3) is 2.50. The fourth-order valence-corrected chi connectivity index (χ4v) is 2.37. The van der Waals surface area contributed by atoms with Gasteiger partial charge in [0.05, 0.1) is 11.5 Å². The molecule has 0 bridgehead atoms. The van der Waals surface area contributed by atoms with Crippen LogP contribution in [0.2, 0.25) is 0 Å². The van der Waals surface area contributed by atoms with Gasteiger partial charge < -0.3 is 10.0 Å². The number of carbonyl (C=O) groups is 1. The van der Waals surface area contributed by atoms with Gasteiger partial charge in [-0.25, -0.2) is 13.6 Å². The molecule has 19 heavy (non-hydrogen) atoms. The SMILES string of the molecule is N#CC1(c2cc(F)cc(F)c2)CCN(C(=O)O)CC1. The minimum Gasteiger partial charge on any atom is -0.465 e. The second-order valence-corrected chi connectivity index (χ2v) is 4.62. The van der Waals surface area contributed by atoms with Crippen LogP contribution >= 0.6 is 0 Å². The summed E-state index contributed by atoms with van der Waals surface area (Å²) < 4.78 is 26.5. The van der Waals surface area contributed by atoms with Crippen molar-refractivity contribution in [3.63, 3.8) is 0 Å². The molecular formula is C13H12F2N2O2. The zero-order chi connectivity index (χ0) is 14.0. The number of carboxylic acid groups (broad SMARTS) is 1. The number of nitriles is 1. The molecule has 0 aliphatic carbocycles. The zero-order valence-corrected chi connectivity index (χ0v) is 10.1. The van der Waals surface area contributed by atoms with Gasteiger partial charge in [-0.15, -0.1) is 0 Å². The lowest BCUT2D eigenvalue weighted by Crippen LogP contribution is -2.44. The van der Waals surface area contributed by atoms with Gasteiger partial charge in [0.25, 0.3) is 0 Å². The predicted molar refractivity (Wildman–Crippen MR) is 62.5 cm³/mol. The highest BCUT2D eigenvalue weighted by atomic mass is 19.1. The number of benzene rings is 1. The molecule has 2 rings (SSSR count). The topological polar surface area (TPSA) is 64.3 Å². The number of hydrogen-bond donors (Lipinski definition) is 1. The van der Waals surface area contributed by atoms with Gasteiger partial charge in [0.1, 0.15) is 11.6 Å². The molecule has 1 aromatic rings. The van der Waals surface area contributed by atoms with Crippen molar-refractivity contribution < 1.29 is 18.7 Å². The van der Waals surface area contributed by atoms with Gasteiger partial charge in [-0.1, -0.05) is 0 Å². The van der Waals surface area contributed by atoms with E-state index in [0.29, 0.717) is 0 Å². The fourth-order valence-electron chi connectivity index (χ4n) is 2.37. The molecule has 1 heterocycles. The molecule has 6 heteroatoms. The summed E-state index contributed by atoms with van der Waals surface area (Å²) in [7, 11) is 0. The van der Waals surface area contributed by atoms with E-state index in [-0.39, 0.29) is 31.5 Å². The summed E-state index contributed by atoms with van der Waals surface area (Å²) in [5, 5.41) is 18.2. The first-order valence-electron chi connectivity index (χ1n) is 5.82. The highest BCUT2D eigenvalue weighted by Crippen LogP contribution is 2.35. The zero-order valence-electron chi connectivity index (χ0n) is 10.1. The lowest BCUT2D eigenvalue weighted by molar-refractivity contribution is 0.125. The maximum absolute atomic E-state index is 13.2. The first-order valence-corrected chi connectivity index (χ1v) is 5.82. The normalized spacial score (nSPS) is 17.8. The van der Waals surface area contributed by atoms with E-state index in [2.05, 4.69) is 6.07 Å². The van der Waals surface area contributed by atoms with E-state index in [0.717, 1.165) is 18.2 Å². The van der Waals surface area contributed by atoms with Gasteiger partial charge in [0.15, 0.2) is 0 Å². The van der Waals surface area contributed by atoms with Gasteiger partial charge in [-0.05, 0) is 30.5 Å². The Morgan fingerprint density at radius 3 is 2.21 bits per heavy atom. The average molecular weight is 266 g/mol. The molecule has 1 fully saturated rings. The van der Waals surface area contributed by atoms with Crippen molar-refractivity contribution in [2.45, 2.75) is 18.3 Å². The third-order valence-corrected chi connectivity index (χ3v) is 3.52. The Bertz CT molecular complexity index is 526. The van der Waals surface area contributed by atoms with Crippen LogP contribution < -0.4 is 0 Å². The molecule has 4 nitrogen and oxygen atoms in total. The minimum absolute atomic E-state index is 0.182. The Labute approximate surface area is 108 Å². The summed E-state index contributed by atoms with van der Waals surface area (Å²) in [6, 6.07) is 5.13. The molecule has 1 amide bonds. The smallest absolute Gasteiger partial charge is 0.407 e. The molecule has 1 N–H and O–H groups in total. The van der Waals surface area contributed by atoms with Gasteiger partial charge in [-0.3, -0.25) is 0 Å². The lowest BCUT2D eigenvalue weighted by Gasteiger charge is -2.36. The molecule has 0 aromatic heterocycles. The van der Waals surface area contributed by atoms with E-state index >= 15 is 0 Å². The van der Waals surface area contributed by atoms with Crippen LogP contribution in [-0.2, 0) is 5.41 Å². The molecular weight excluding hydrogens is 254 g/mol. The van der Waals surface area contributed by atoms with Crippen LogP contribution in [-0.4, -0.2) is 29.2 Å². The number of piperidine rings is 1. The fraction of sp³-hybridized carbons (Fsp3) is 0.385. The van der Waals surface area contributed by atoms with Crippen molar-refractivity contribution in [1.29, 1.82) is 5.26 Å². The molecule has 0 unspecified atom stereocenters. The first-order chi connectivity index (χ1) is 8.97. The molecule has 0 radical (unpaired) electrons. The van der Waals surface area contributed by atoms with Crippen molar-refractivity contribution in [1.82, 2.24) is 4.90 Å². The van der Waals surface area contributed by atoms with Gasteiger partial charge in [0, 0.05) is 19.2 Å². The summed E-state index contributed by atoms with van der Waals surface area (Å²) in [6.07, 6.45) is -0.575. The van der Waals surface area contributed by atoms with E-state index in [4.69, 9.17) is 5.11 Å². The molecule has 100 valence electrons. The second-order valence-electron chi connectivity index (χ2n) is 4.62. The van der Waals surface area contributed by atoms with Crippen LogP contribution in [0, 0.1) is 23.0 Å². The molecule has 1 saturated heterocycles. The van der Waals surface area contributed by atoms with Crippen molar-refractivity contribution in [3.05, 3.63) is 35.4 Å². The molecule has 0 spiro atoms. The standard InChI is InChI=1S/C13H12F2N2O2/c14-10-5-9(6-11(15)7-10)13(8-16)1-3-17(4-2-13)12(18)19/h5-7H,1-4H2,(H,18,19). The maximum Gasteiger partial charge on any atom is 0.407 e. The van der Waals surface area contributed by atoms with Crippen LogP contribution in [0.25, 0.3) is 0 Å². The number of hydrogen-bond acceptors (Lipinski definition) is 2. The highest BCUT2D eigenvalue weighted by molar-refractivity contribution is 5.65. The lowest BCUT2D eigenvalue weighted by atomic mass is 9.74. The molecule has 1 aliphatic heterocycles. The minimum atomic E-state index is -1.04. The van der Waals surface area contributed by atoms with Gasteiger partial charge in [0.2, 0.25) is 0 Å². The van der Waals surface area contributed by atoms with Gasteiger partial charge in [-0.2, -0.15) is 5.26 Å². The van der Waals surface area contributed by atoms with E-state index in [1.54, 1.807) is 0 Å². The number of likely N-dealkylation sites (tertiary alicyclic amines) is 1. The van der Waals surface area contributed by atoms with Gasteiger partial charge >= 0.3 is 6.09 Å². The molecule has 1 aliphatic rings. The van der Waals surface area contributed by atoms with Crippen molar-refractivity contribution in [2.24, 2.45) is 0 Å². The molecule has 0 atom stereocenters. The maximum atomic E-state index is 13.2. The molecule has 0 saturated carbocycles. The highest BCUT2D eigenvalue weighted by Gasteiger charge is 2.38. The Morgan fingerprint density at radius 1 is 1.26 bits per heavy atom. The number of amides is 1. The van der Waals surface area contributed by atoms with Crippen LogP contribution in [0.5, 0.6) is 0 Å². The Morgan fingerprint density at radius 2 is 1.79 bits per heavy atom. The molecule has 1 aromatic carbocycles. The van der Waals surface area contributed by atoms with Crippen molar-refractivity contribution in [3.8, 4) is 6.07 Å². The predicted octanol–water partition coefficient (Wildman–Crippen LogP) is 2.50. The summed E-state index contributed by atoms with van der Waals surface area (Å²) in [5.41, 5.74) is -0.743. The largest absolute Gasteiger partial charge is 0.465 e. The van der Waals surface area contributed by atoms with Crippen LogP contribution in [0.4, 0.5) is 13.6 Å². The average Bonchev–Trinajstić information content (AvgIpc) is 2.37. The second kappa shape index (κ2) is 4.84. The number of nitrogens with zero attached hydrogens (tertiary/aromatic N) is 2. The van der Waals surface area contributed by atoms with E-state index in [9.17, 15) is 18.8 Å². The Hall–Kier alpha value is -2.16. The first kappa shape index (κ1) is 13.3. The quantitative estimate of drug-likeness (QED) is 0.849. The summed E-state index contributed by atoms with van der Waals surface area (Å²) >= 11 is 0. The summed E-state index contributed by atoms with van der Waals surface area (Å²) in [4.78, 5) is 12.0. The van der Waals surface area contributed by atoms with Crippen LogP contribution in [0.3, 0.4) is 0 Å². The van der Waals surface area contributed by atoms with E-state index < -0.39 is 23.1 Å². The summed E-state index contributed by atoms with van der Waals surface area (Å²) in [5.74, 6) is -1.46. The number of halogens is 2. The van der Waals surface area contributed by atoms with Crippen LogP contribution in [0.15, 0.2) is 18.2 Å². The number of rotatable bonds is 1. The summed E-state index contributed by atoms with van der Waals surface area (Å²) in [6.45, 7) is 0.363.